The highest BCUT2D eigenvalue weighted by Crippen LogP contribution is 2.29. The van der Waals surface area contributed by atoms with E-state index in [-0.39, 0.29) is 0 Å². The van der Waals surface area contributed by atoms with Gasteiger partial charge < -0.3 is 14.3 Å². The van der Waals surface area contributed by atoms with E-state index < -0.39 is 0 Å². The average Bonchev–Trinajstić information content (AvgIpc) is 2.94. The Labute approximate surface area is 131 Å². The number of likely N-dealkylation sites (N-methyl/N-ethyl adjacent to an activating group) is 1. The summed E-state index contributed by atoms with van der Waals surface area (Å²) in [5, 5.41) is 3.97. The zero-order valence-electron chi connectivity index (χ0n) is 13.7. The highest BCUT2D eigenvalue weighted by atomic mass is 16.5. The van der Waals surface area contributed by atoms with Gasteiger partial charge in [0.2, 0.25) is 5.95 Å². The minimum Gasteiger partial charge on any atom is -0.356 e. The lowest BCUT2D eigenvalue weighted by Crippen LogP contribution is -2.45. The van der Waals surface area contributed by atoms with Crippen molar-refractivity contribution in [2.75, 3.05) is 38.1 Å². The van der Waals surface area contributed by atoms with Crippen LogP contribution in [0.4, 0.5) is 5.95 Å². The van der Waals surface area contributed by atoms with E-state index in [1.165, 1.54) is 0 Å². The van der Waals surface area contributed by atoms with Crippen LogP contribution in [0.3, 0.4) is 0 Å². The van der Waals surface area contributed by atoms with Gasteiger partial charge in [0.05, 0.1) is 17.0 Å². The lowest BCUT2D eigenvalue weighted by molar-refractivity contribution is 0.311. The van der Waals surface area contributed by atoms with Gasteiger partial charge in [-0.1, -0.05) is 19.0 Å². The molecule has 0 spiro atoms. The van der Waals surface area contributed by atoms with Crippen molar-refractivity contribution in [1.82, 2.24) is 20.0 Å². The van der Waals surface area contributed by atoms with Gasteiger partial charge in [-0.25, -0.2) is 9.97 Å². The zero-order chi connectivity index (χ0) is 15.7. The van der Waals surface area contributed by atoms with Gasteiger partial charge in [-0.05, 0) is 19.9 Å². The second-order valence-electron chi connectivity index (χ2n) is 6.25. The van der Waals surface area contributed by atoms with Crippen molar-refractivity contribution in [3.05, 3.63) is 23.7 Å². The van der Waals surface area contributed by atoms with Gasteiger partial charge in [-0.15, -0.1) is 0 Å². The first-order valence-electron chi connectivity index (χ1n) is 7.78. The fourth-order valence-electron chi connectivity index (χ4n) is 2.66. The van der Waals surface area contributed by atoms with Gasteiger partial charge in [-0.2, -0.15) is 0 Å². The molecule has 0 unspecified atom stereocenters. The molecule has 0 saturated carbocycles. The minimum atomic E-state index is 0.301. The molecule has 3 rings (SSSR count). The number of piperazine rings is 1. The Morgan fingerprint density at radius 3 is 2.50 bits per heavy atom. The van der Waals surface area contributed by atoms with Crippen LogP contribution in [-0.4, -0.2) is 53.3 Å². The minimum absolute atomic E-state index is 0.301. The lowest BCUT2D eigenvalue weighted by atomic mass is 10.0. The highest BCUT2D eigenvalue weighted by Gasteiger charge is 2.20. The molecule has 0 N–H and O–H groups in total. The number of nitrogens with zero attached hydrogens (tertiary/aromatic N) is 5. The van der Waals surface area contributed by atoms with Gasteiger partial charge in [-0.3, -0.25) is 0 Å². The van der Waals surface area contributed by atoms with Crippen LogP contribution in [0.15, 0.2) is 16.8 Å². The van der Waals surface area contributed by atoms with E-state index in [1.807, 2.05) is 19.2 Å². The molecule has 6 nitrogen and oxygen atoms in total. The summed E-state index contributed by atoms with van der Waals surface area (Å²) in [6.07, 6.45) is 1.87. The van der Waals surface area contributed by atoms with Gasteiger partial charge >= 0.3 is 0 Å². The first kappa shape index (κ1) is 15.0. The number of aryl methyl sites for hydroxylation is 1. The third-order valence-electron chi connectivity index (χ3n) is 4.03. The summed E-state index contributed by atoms with van der Waals surface area (Å²) >= 11 is 0. The van der Waals surface area contributed by atoms with Crippen LogP contribution in [0.25, 0.3) is 11.3 Å². The molecule has 2 aromatic heterocycles. The molecule has 0 aliphatic carbocycles. The van der Waals surface area contributed by atoms with E-state index in [0.29, 0.717) is 5.92 Å². The van der Waals surface area contributed by atoms with Crippen LogP contribution < -0.4 is 4.90 Å². The van der Waals surface area contributed by atoms with E-state index in [4.69, 9.17) is 9.51 Å². The molecule has 1 saturated heterocycles. The number of aromatic nitrogens is 3. The lowest BCUT2D eigenvalue weighted by Gasteiger charge is -2.32. The van der Waals surface area contributed by atoms with E-state index in [0.717, 1.165) is 54.8 Å². The van der Waals surface area contributed by atoms with Gasteiger partial charge in [0.25, 0.3) is 0 Å². The van der Waals surface area contributed by atoms with Crippen LogP contribution in [0.2, 0.25) is 0 Å². The maximum atomic E-state index is 5.39. The van der Waals surface area contributed by atoms with Crippen LogP contribution in [-0.2, 0) is 0 Å². The highest BCUT2D eigenvalue weighted by molar-refractivity contribution is 5.61. The molecule has 0 aromatic carbocycles. The quantitative estimate of drug-likeness (QED) is 0.867. The molecule has 3 heterocycles. The first-order chi connectivity index (χ1) is 10.5. The zero-order valence-corrected chi connectivity index (χ0v) is 13.7. The van der Waals surface area contributed by atoms with Gasteiger partial charge in [0, 0.05) is 38.4 Å². The van der Waals surface area contributed by atoms with Crippen molar-refractivity contribution in [3.63, 3.8) is 0 Å². The Kier molecular flexibility index (Phi) is 4.11. The van der Waals surface area contributed by atoms with Crippen molar-refractivity contribution < 1.29 is 4.52 Å². The normalized spacial score (nSPS) is 16.5. The first-order valence-corrected chi connectivity index (χ1v) is 7.78. The molecule has 118 valence electrons. The summed E-state index contributed by atoms with van der Waals surface area (Å²) in [4.78, 5) is 14.0. The summed E-state index contributed by atoms with van der Waals surface area (Å²) in [7, 11) is 2.15. The van der Waals surface area contributed by atoms with Crippen molar-refractivity contribution in [2.24, 2.45) is 0 Å². The fraction of sp³-hybridized carbons (Fsp3) is 0.562. The molecular formula is C16H23N5O. The van der Waals surface area contributed by atoms with Crippen molar-refractivity contribution in [2.45, 2.75) is 26.7 Å². The molecule has 2 aromatic rings. The molecule has 0 atom stereocenters. The van der Waals surface area contributed by atoms with Crippen molar-refractivity contribution >= 4 is 5.95 Å². The van der Waals surface area contributed by atoms with E-state index in [1.54, 1.807) is 0 Å². The molecule has 6 heteroatoms. The molecule has 22 heavy (non-hydrogen) atoms. The number of hydrogen-bond donors (Lipinski definition) is 0. The largest absolute Gasteiger partial charge is 0.356 e. The Balaban J connectivity index is 1.93. The standard InChI is InChI=1S/C16H23N5O/c1-11(2)15-13(14-9-12(3)19-22-14)10-17-16(18-15)21-7-5-20(4)6-8-21/h9-11H,5-8H2,1-4H3. The Hall–Kier alpha value is -1.95. The fourth-order valence-corrected chi connectivity index (χ4v) is 2.66. The average molecular weight is 301 g/mol. The third-order valence-corrected chi connectivity index (χ3v) is 4.03. The maximum absolute atomic E-state index is 5.39. The van der Waals surface area contributed by atoms with Crippen LogP contribution in [0.5, 0.6) is 0 Å². The Morgan fingerprint density at radius 1 is 1.18 bits per heavy atom. The molecule has 1 aliphatic rings. The molecule has 0 radical (unpaired) electrons. The second kappa shape index (κ2) is 6.04. The maximum Gasteiger partial charge on any atom is 0.225 e. The predicted molar refractivity (Wildman–Crippen MR) is 86.1 cm³/mol. The predicted octanol–water partition coefficient (Wildman–Crippen LogP) is 2.32. The van der Waals surface area contributed by atoms with Crippen molar-refractivity contribution in [3.8, 4) is 11.3 Å². The van der Waals surface area contributed by atoms with Crippen LogP contribution in [0, 0.1) is 6.92 Å². The van der Waals surface area contributed by atoms with Crippen LogP contribution >= 0.6 is 0 Å². The van der Waals surface area contributed by atoms with Crippen LogP contribution in [0.1, 0.15) is 31.2 Å². The molecule has 1 aliphatic heterocycles. The second-order valence-corrected chi connectivity index (χ2v) is 6.25. The Morgan fingerprint density at radius 2 is 1.91 bits per heavy atom. The van der Waals surface area contributed by atoms with Gasteiger partial charge in [0.15, 0.2) is 5.76 Å². The SMILES string of the molecule is Cc1cc(-c2cnc(N3CCN(C)CC3)nc2C(C)C)on1. The monoisotopic (exact) mass is 301 g/mol. The molecular weight excluding hydrogens is 278 g/mol. The smallest absolute Gasteiger partial charge is 0.225 e. The Bertz CT molecular complexity index is 644. The number of hydrogen-bond acceptors (Lipinski definition) is 6. The molecule has 0 bridgehead atoms. The number of rotatable bonds is 3. The molecule has 0 amide bonds. The summed E-state index contributed by atoms with van der Waals surface area (Å²) in [5.41, 5.74) is 2.82. The topological polar surface area (TPSA) is 58.3 Å². The number of anilines is 1. The summed E-state index contributed by atoms with van der Waals surface area (Å²) in [6, 6.07) is 1.93. The van der Waals surface area contributed by atoms with E-state index in [2.05, 4.69) is 40.8 Å². The summed E-state index contributed by atoms with van der Waals surface area (Å²) in [6.45, 7) is 10.2. The van der Waals surface area contributed by atoms with Gasteiger partial charge in [0.1, 0.15) is 0 Å². The van der Waals surface area contributed by atoms with E-state index >= 15 is 0 Å². The molecule has 1 fully saturated rings. The third kappa shape index (κ3) is 2.97. The summed E-state index contributed by atoms with van der Waals surface area (Å²) < 4.78 is 5.39. The summed E-state index contributed by atoms with van der Waals surface area (Å²) in [5.74, 6) is 1.86. The van der Waals surface area contributed by atoms with E-state index in [9.17, 15) is 0 Å². The van der Waals surface area contributed by atoms with Crippen molar-refractivity contribution in [1.29, 1.82) is 0 Å².